The fraction of sp³-hybridized carbons (Fsp3) is 0.414. The van der Waals surface area contributed by atoms with Gasteiger partial charge in [-0.15, -0.1) is 11.3 Å². The maximum Gasteiger partial charge on any atom is 0.256 e. The topological polar surface area (TPSA) is 146 Å². The van der Waals surface area contributed by atoms with E-state index >= 15 is 0 Å². The number of rotatable bonds is 9. The van der Waals surface area contributed by atoms with Gasteiger partial charge in [-0.2, -0.15) is 0 Å². The molecule has 1 aromatic carbocycles. The lowest BCUT2D eigenvalue weighted by Gasteiger charge is -2.26. The first kappa shape index (κ1) is 28.6. The predicted molar refractivity (Wildman–Crippen MR) is 159 cm³/mol. The number of aryl methyl sites for hydroxylation is 1. The number of aromatic nitrogens is 2. The van der Waals surface area contributed by atoms with Crippen molar-refractivity contribution >= 4 is 44.7 Å². The second-order valence-corrected chi connectivity index (χ2v) is 13.8. The molecule has 2 aromatic heterocycles. The fourth-order valence-electron chi connectivity index (χ4n) is 5.59. The van der Waals surface area contributed by atoms with Crippen LogP contribution in [-0.4, -0.2) is 73.7 Å². The highest BCUT2D eigenvalue weighted by Crippen LogP contribution is 2.42. The van der Waals surface area contributed by atoms with E-state index < -0.39 is 10.0 Å². The first-order valence-electron chi connectivity index (χ1n) is 13.9. The van der Waals surface area contributed by atoms with Crippen molar-refractivity contribution in [3.05, 3.63) is 57.9 Å². The lowest BCUT2D eigenvalue weighted by molar-refractivity contribution is -0.125. The number of fused-ring (bicyclic) bond motifs is 1. The van der Waals surface area contributed by atoms with Crippen LogP contribution in [0.2, 0.25) is 0 Å². The van der Waals surface area contributed by atoms with Crippen LogP contribution < -0.4 is 9.62 Å². The van der Waals surface area contributed by atoms with Crippen molar-refractivity contribution in [2.45, 2.75) is 50.6 Å². The molecule has 0 bridgehead atoms. The van der Waals surface area contributed by atoms with Gasteiger partial charge in [0.05, 0.1) is 50.6 Å². The van der Waals surface area contributed by atoms with Crippen molar-refractivity contribution in [1.29, 1.82) is 5.41 Å². The normalized spacial score (nSPS) is 18.0. The first-order chi connectivity index (χ1) is 20.1. The molecule has 220 valence electrons. The van der Waals surface area contributed by atoms with Crippen LogP contribution in [0.15, 0.2) is 35.2 Å². The Morgan fingerprint density at radius 2 is 2.02 bits per heavy atom. The monoisotopic (exact) mass is 608 g/mol. The fourth-order valence-corrected chi connectivity index (χ4v) is 7.65. The molecule has 3 aliphatic rings. The van der Waals surface area contributed by atoms with Crippen molar-refractivity contribution < 1.29 is 22.7 Å². The molecule has 1 saturated heterocycles. The van der Waals surface area contributed by atoms with E-state index in [9.17, 15) is 18.0 Å². The summed E-state index contributed by atoms with van der Waals surface area (Å²) in [5.74, 6) is 0.530. The Bertz CT molecular complexity index is 1710. The van der Waals surface area contributed by atoms with Gasteiger partial charge in [0.1, 0.15) is 12.4 Å². The number of anilines is 1. The van der Waals surface area contributed by atoms with Gasteiger partial charge in [-0.3, -0.25) is 14.5 Å². The third-order valence-corrected chi connectivity index (χ3v) is 10.7. The van der Waals surface area contributed by atoms with E-state index in [-0.39, 0.29) is 47.1 Å². The van der Waals surface area contributed by atoms with Crippen LogP contribution in [0, 0.1) is 18.3 Å². The van der Waals surface area contributed by atoms with Crippen molar-refractivity contribution in [2.24, 2.45) is 5.92 Å². The third-order valence-electron chi connectivity index (χ3n) is 8.09. The molecule has 13 heteroatoms. The summed E-state index contributed by atoms with van der Waals surface area (Å²) in [5, 5.41) is 9.40. The highest BCUT2D eigenvalue weighted by Gasteiger charge is 2.41. The number of sulfonamides is 1. The molecule has 1 atom stereocenters. The number of thiazole rings is 1. The molecule has 11 nitrogen and oxygen atoms in total. The van der Waals surface area contributed by atoms with E-state index in [1.165, 1.54) is 18.4 Å². The number of ether oxygens (including phenoxy) is 1. The molecule has 0 unspecified atom stereocenters. The number of carbonyl (C=O) groups is 2. The summed E-state index contributed by atoms with van der Waals surface area (Å²) in [6.07, 6.45) is 2.38. The lowest BCUT2D eigenvalue weighted by atomic mass is 10.0. The lowest BCUT2D eigenvalue weighted by Crippen LogP contribution is -2.42. The van der Waals surface area contributed by atoms with E-state index in [2.05, 4.69) is 9.71 Å². The molecule has 42 heavy (non-hydrogen) atoms. The number of benzene rings is 1. The Morgan fingerprint density at radius 3 is 2.74 bits per heavy atom. The van der Waals surface area contributed by atoms with Crippen LogP contribution in [0.4, 0.5) is 5.82 Å². The Balaban J connectivity index is 1.29. The summed E-state index contributed by atoms with van der Waals surface area (Å²) in [4.78, 5) is 39.1. The molecule has 0 spiro atoms. The van der Waals surface area contributed by atoms with Gasteiger partial charge < -0.3 is 15.0 Å². The van der Waals surface area contributed by atoms with E-state index in [1.54, 1.807) is 34.1 Å². The molecule has 1 aliphatic carbocycles. The zero-order valence-electron chi connectivity index (χ0n) is 23.6. The Kier molecular flexibility index (Phi) is 7.46. The van der Waals surface area contributed by atoms with Gasteiger partial charge in [-0.25, -0.2) is 23.1 Å². The SMILES string of the molecule is CNS(=O)(=O)c1cc(-c2sc(CC(=N)c3cccc(N4CCOCC4=O)n3)nc2C)cc2c1C(=O)N([C@@H](C)C1CC1)C2. The van der Waals surface area contributed by atoms with Crippen molar-refractivity contribution in [3.8, 4) is 10.4 Å². The van der Waals surface area contributed by atoms with E-state index in [1.807, 2.05) is 19.9 Å². The van der Waals surface area contributed by atoms with Gasteiger partial charge in [0, 0.05) is 19.0 Å². The smallest absolute Gasteiger partial charge is 0.256 e. The summed E-state index contributed by atoms with van der Waals surface area (Å²) in [7, 11) is -2.57. The van der Waals surface area contributed by atoms with E-state index in [0.29, 0.717) is 59.0 Å². The Hall–Kier alpha value is -3.52. The number of hydrogen-bond acceptors (Lipinski definition) is 9. The van der Waals surface area contributed by atoms with Gasteiger partial charge in [0.15, 0.2) is 0 Å². The van der Waals surface area contributed by atoms with Gasteiger partial charge >= 0.3 is 0 Å². The first-order valence-corrected chi connectivity index (χ1v) is 16.2. The molecular formula is C29H32N6O5S2. The van der Waals surface area contributed by atoms with Crippen LogP contribution in [0.5, 0.6) is 0 Å². The quantitative estimate of drug-likeness (QED) is 0.355. The molecule has 1 saturated carbocycles. The largest absolute Gasteiger partial charge is 0.370 e. The van der Waals surface area contributed by atoms with Crippen LogP contribution in [-0.2, 0) is 32.5 Å². The van der Waals surface area contributed by atoms with Crippen LogP contribution >= 0.6 is 11.3 Å². The molecule has 2 aliphatic heterocycles. The summed E-state index contributed by atoms with van der Waals surface area (Å²) in [6.45, 7) is 5.11. The van der Waals surface area contributed by atoms with Crippen LogP contribution in [0.3, 0.4) is 0 Å². The highest BCUT2D eigenvalue weighted by molar-refractivity contribution is 7.89. The van der Waals surface area contributed by atoms with Gasteiger partial charge in [0.25, 0.3) is 11.8 Å². The van der Waals surface area contributed by atoms with Gasteiger partial charge in [-0.05, 0) is 75.0 Å². The molecule has 2 fully saturated rings. The maximum absolute atomic E-state index is 13.4. The third kappa shape index (κ3) is 5.26. The van der Waals surface area contributed by atoms with E-state index in [4.69, 9.17) is 15.1 Å². The second kappa shape index (κ2) is 11.0. The molecule has 4 heterocycles. The number of morpholine rings is 1. The van der Waals surface area contributed by atoms with Gasteiger partial charge in [0.2, 0.25) is 10.0 Å². The molecule has 0 radical (unpaired) electrons. The molecule has 2 N–H and O–H groups in total. The standard InChI is InChI=1S/C29H32N6O5S2/c1-16-28(41-25(32-16)13-21(30)22-5-4-6-24(33-22)34-9-10-40-15-26(34)36)19-11-20-14-35(17(2)18-7-8-18)29(37)27(20)23(12-19)42(38,39)31-3/h4-6,11-12,17-18,30-31H,7-10,13-15H2,1-3H3/t17-/m0/s1. The zero-order chi connectivity index (χ0) is 29.8. The Morgan fingerprint density at radius 1 is 1.24 bits per heavy atom. The number of pyridine rings is 1. The van der Waals surface area contributed by atoms with Crippen molar-refractivity contribution in [2.75, 3.05) is 31.7 Å². The van der Waals surface area contributed by atoms with Crippen LogP contribution in [0.1, 0.15) is 52.1 Å². The number of carbonyl (C=O) groups excluding carboxylic acids is 2. The molecule has 3 aromatic rings. The Labute approximate surface area is 248 Å². The van der Waals surface area contributed by atoms with Crippen molar-refractivity contribution in [3.63, 3.8) is 0 Å². The summed E-state index contributed by atoms with van der Waals surface area (Å²) < 4.78 is 33.8. The van der Waals surface area contributed by atoms with Crippen molar-refractivity contribution in [1.82, 2.24) is 19.6 Å². The average Bonchev–Trinajstić information content (AvgIpc) is 3.70. The minimum absolute atomic E-state index is 0.0102. The average molecular weight is 609 g/mol. The summed E-state index contributed by atoms with van der Waals surface area (Å²) in [6, 6.07) is 8.77. The molecular weight excluding hydrogens is 576 g/mol. The zero-order valence-corrected chi connectivity index (χ0v) is 25.3. The minimum atomic E-state index is -3.91. The van der Waals surface area contributed by atoms with Gasteiger partial charge in [-0.1, -0.05) is 6.07 Å². The maximum atomic E-state index is 13.4. The second-order valence-electron chi connectivity index (χ2n) is 10.9. The predicted octanol–water partition coefficient (Wildman–Crippen LogP) is 3.15. The van der Waals surface area contributed by atoms with Crippen LogP contribution in [0.25, 0.3) is 10.4 Å². The summed E-state index contributed by atoms with van der Waals surface area (Å²) >= 11 is 1.39. The molecule has 6 rings (SSSR count). The minimum Gasteiger partial charge on any atom is -0.370 e. The highest BCUT2D eigenvalue weighted by atomic mass is 32.2. The van der Waals surface area contributed by atoms with E-state index in [0.717, 1.165) is 17.7 Å². The number of nitrogens with zero attached hydrogens (tertiary/aromatic N) is 4. The number of amides is 2. The number of hydrogen-bond donors (Lipinski definition) is 2. The number of nitrogens with one attached hydrogen (secondary N) is 2. The summed E-state index contributed by atoms with van der Waals surface area (Å²) in [5.41, 5.74) is 3.03. The molecule has 2 amide bonds.